The molecule has 0 saturated carbocycles. The molecule has 2 heterocycles. The minimum atomic E-state index is -0.697. The van der Waals surface area contributed by atoms with Crippen molar-refractivity contribution in [1.82, 2.24) is 14.8 Å². The van der Waals surface area contributed by atoms with Crippen molar-refractivity contribution in [3.8, 4) is 6.07 Å². The number of aryl methyl sites for hydroxylation is 1. The van der Waals surface area contributed by atoms with Crippen molar-refractivity contribution in [1.29, 1.82) is 5.26 Å². The van der Waals surface area contributed by atoms with Crippen molar-refractivity contribution in [3.05, 3.63) is 40.8 Å². The summed E-state index contributed by atoms with van der Waals surface area (Å²) in [6.07, 6.45) is 2.64. The van der Waals surface area contributed by atoms with Gasteiger partial charge in [0.25, 0.3) is 0 Å². The lowest BCUT2D eigenvalue weighted by molar-refractivity contribution is 0.191. The predicted molar refractivity (Wildman–Crippen MR) is 70.6 cm³/mol. The predicted octanol–water partition coefficient (Wildman–Crippen LogP) is 1.49. The SMILES string of the molecule is Cn1cc(C(O)CNc2ccc(Cl)c(C#N)n2)cn1. The first-order valence-electron chi connectivity index (χ1n) is 5.57. The molecule has 0 spiro atoms. The quantitative estimate of drug-likeness (QED) is 0.884. The van der Waals surface area contributed by atoms with E-state index in [2.05, 4.69) is 15.4 Å². The van der Waals surface area contributed by atoms with Gasteiger partial charge >= 0.3 is 0 Å². The average molecular weight is 278 g/mol. The first kappa shape index (κ1) is 13.3. The lowest BCUT2D eigenvalue weighted by atomic mass is 10.2. The van der Waals surface area contributed by atoms with Gasteiger partial charge in [0.2, 0.25) is 0 Å². The summed E-state index contributed by atoms with van der Waals surface area (Å²) in [4.78, 5) is 4.03. The number of nitrogens with zero attached hydrogens (tertiary/aromatic N) is 4. The fourth-order valence-corrected chi connectivity index (χ4v) is 1.70. The Balaban J connectivity index is 2.01. The molecule has 7 heteroatoms. The highest BCUT2D eigenvalue weighted by Gasteiger charge is 2.10. The number of rotatable bonds is 4. The standard InChI is InChI=1S/C12H12ClN5O/c1-18-7-8(5-16-18)11(19)6-15-12-3-2-9(13)10(4-14)17-12/h2-3,5,7,11,19H,6H2,1H3,(H,15,17). The molecule has 6 nitrogen and oxygen atoms in total. The van der Waals surface area contributed by atoms with E-state index in [1.54, 1.807) is 36.3 Å². The highest BCUT2D eigenvalue weighted by Crippen LogP contribution is 2.17. The number of anilines is 1. The molecule has 0 bridgehead atoms. The van der Waals surface area contributed by atoms with Crippen LogP contribution < -0.4 is 5.32 Å². The summed E-state index contributed by atoms with van der Waals surface area (Å²) >= 11 is 5.78. The van der Waals surface area contributed by atoms with Crippen LogP contribution in [0.25, 0.3) is 0 Å². The Kier molecular flexibility index (Phi) is 4.00. The molecule has 0 radical (unpaired) electrons. The Morgan fingerprint density at radius 3 is 3.00 bits per heavy atom. The molecule has 19 heavy (non-hydrogen) atoms. The second kappa shape index (κ2) is 5.69. The molecular formula is C12H12ClN5O. The molecule has 0 aromatic carbocycles. The molecule has 2 rings (SSSR count). The van der Waals surface area contributed by atoms with Crippen LogP contribution in [-0.2, 0) is 7.05 Å². The van der Waals surface area contributed by atoms with Crippen LogP contribution in [-0.4, -0.2) is 26.4 Å². The maximum atomic E-state index is 9.94. The average Bonchev–Trinajstić information content (AvgIpc) is 2.84. The van der Waals surface area contributed by atoms with Crippen LogP contribution in [0.5, 0.6) is 0 Å². The number of aliphatic hydroxyl groups excluding tert-OH is 1. The number of halogens is 1. The fourth-order valence-electron chi connectivity index (χ4n) is 1.55. The number of pyridine rings is 1. The molecule has 0 amide bonds. The van der Waals surface area contributed by atoms with Crippen molar-refractivity contribution < 1.29 is 5.11 Å². The number of nitrogens with one attached hydrogen (secondary N) is 1. The van der Waals surface area contributed by atoms with Gasteiger partial charge in [-0.2, -0.15) is 10.4 Å². The molecule has 2 aromatic heterocycles. The van der Waals surface area contributed by atoms with Crippen molar-refractivity contribution in [3.63, 3.8) is 0 Å². The minimum Gasteiger partial charge on any atom is -0.386 e. The fraction of sp³-hybridized carbons (Fsp3) is 0.250. The zero-order valence-electron chi connectivity index (χ0n) is 10.2. The van der Waals surface area contributed by atoms with E-state index in [4.69, 9.17) is 16.9 Å². The molecule has 0 aliphatic carbocycles. The van der Waals surface area contributed by atoms with Crippen LogP contribution in [0.3, 0.4) is 0 Å². The monoisotopic (exact) mass is 277 g/mol. The van der Waals surface area contributed by atoms with Gasteiger partial charge in [-0.1, -0.05) is 11.6 Å². The van der Waals surface area contributed by atoms with Gasteiger partial charge in [0.1, 0.15) is 11.9 Å². The largest absolute Gasteiger partial charge is 0.386 e. The van der Waals surface area contributed by atoms with Gasteiger partial charge in [0.15, 0.2) is 5.69 Å². The normalized spacial score (nSPS) is 11.9. The van der Waals surface area contributed by atoms with E-state index in [0.717, 1.165) is 0 Å². The van der Waals surface area contributed by atoms with E-state index in [9.17, 15) is 5.11 Å². The maximum absolute atomic E-state index is 9.94. The number of aliphatic hydroxyl groups is 1. The third-order valence-corrected chi connectivity index (χ3v) is 2.84. The van der Waals surface area contributed by atoms with Gasteiger partial charge in [0.05, 0.1) is 17.3 Å². The van der Waals surface area contributed by atoms with Gasteiger partial charge in [-0.3, -0.25) is 4.68 Å². The molecule has 0 fully saturated rings. The maximum Gasteiger partial charge on any atom is 0.161 e. The summed E-state index contributed by atoms with van der Waals surface area (Å²) in [5.74, 6) is 0.490. The Bertz CT molecular complexity index is 619. The van der Waals surface area contributed by atoms with Gasteiger partial charge < -0.3 is 10.4 Å². The van der Waals surface area contributed by atoms with E-state index >= 15 is 0 Å². The Hall–Kier alpha value is -2.10. The van der Waals surface area contributed by atoms with Gasteiger partial charge in [-0.05, 0) is 12.1 Å². The van der Waals surface area contributed by atoms with Crippen LogP contribution >= 0.6 is 11.6 Å². The van der Waals surface area contributed by atoms with Crippen LogP contribution in [0, 0.1) is 11.3 Å². The summed E-state index contributed by atoms with van der Waals surface area (Å²) in [6.45, 7) is 0.269. The molecule has 0 aliphatic rings. The highest BCUT2D eigenvalue weighted by molar-refractivity contribution is 6.31. The van der Waals surface area contributed by atoms with Gasteiger partial charge in [-0.15, -0.1) is 0 Å². The second-order valence-electron chi connectivity index (χ2n) is 3.98. The Labute approximate surface area is 115 Å². The van der Waals surface area contributed by atoms with Gasteiger partial charge in [0, 0.05) is 25.4 Å². The van der Waals surface area contributed by atoms with E-state index in [1.165, 1.54) is 0 Å². The molecule has 0 aliphatic heterocycles. The smallest absolute Gasteiger partial charge is 0.161 e. The molecule has 0 saturated heterocycles. The lowest BCUT2D eigenvalue weighted by Crippen LogP contribution is -2.12. The Morgan fingerprint density at radius 1 is 1.58 bits per heavy atom. The van der Waals surface area contributed by atoms with Crippen LogP contribution in [0.4, 0.5) is 5.82 Å². The van der Waals surface area contributed by atoms with Crippen molar-refractivity contribution >= 4 is 17.4 Å². The summed E-state index contributed by atoms with van der Waals surface area (Å²) in [5.41, 5.74) is 0.868. The van der Waals surface area contributed by atoms with E-state index < -0.39 is 6.10 Å². The van der Waals surface area contributed by atoms with Crippen molar-refractivity contribution in [2.75, 3.05) is 11.9 Å². The minimum absolute atomic E-state index is 0.155. The zero-order chi connectivity index (χ0) is 13.8. The van der Waals surface area contributed by atoms with Crippen LogP contribution in [0.15, 0.2) is 24.5 Å². The first-order valence-corrected chi connectivity index (χ1v) is 5.95. The molecule has 1 atom stereocenters. The van der Waals surface area contributed by atoms with Crippen molar-refractivity contribution in [2.45, 2.75) is 6.10 Å². The van der Waals surface area contributed by atoms with E-state index in [0.29, 0.717) is 16.4 Å². The molecule has 1 unspecified atom stereocenters. The molecular weight excluding hydrogens is 266 g/mol. The summed E-state index contributed by atoms with van der Waals surface area (Å²) in [7, 11) is 1.78. The number of aromatic nitrogens is 3. The summed E-state index contributed by atoms with van der Waals surface area (Å²) in [5, 5.41) is 26.0. The number of nitriles is 1. The highest BCUT2D eigenvalue weighted by atomic mass is 35.5. The summed E-state index contributed by atoms with van der Waals surface area (Å²) in [6, 6.07) is 5.14. The second-order valence-corrected chi connectivity index (χ2v) is 4.39. The van der Waals surface area contributed by atoms with Crippen molar-refractivity contribution in [2.24, 2.45) is 7.05 Å². The van der Waals surface area contributed by atoms with Crippen LogP contribution in [0.1, 0.15) is 17.4 Å². The number of hydrogen-bond acceptors (Lipinski definition) is 5. The van der Waals surface area contributed by atoms with Crippen LogP contribution in [0.2, 0.25) is 5.02 Å². The summed E-state index contributed by atoms with van der Waals surface area (Å²) < 4.78 is 1.62. The lowest BCUT2D eigenvalue weighted by Gasteiger charge is -2.10. The van der Waals surface area contributed by atoms with E-state index in [1.807, 2.05) is 6.07 Å². The molecule has 98 valence electrons. The molecule has 2 aromatic rings. The first-order chi connectivity index (χ1) is 9.10. The van der Waals surface area contributed by atoms with E-state index in [-0.39, 0.29) is 12.2 Å². The molecule has 2 N–H and O–H groups in total. The van der Waals surface area contributed by atoms with Gasteiger partial charge in [-0.25, -0.2) is 4.98 Å². The number of hydrogen-bond donors (Lipinski definition) is 2. The third-order valence-electron chi connectivity index (χ3n) is 2.54. The topological polar surface area (TPSA) is 86.8 Å². The zero-order valence-corrected chi connectivity index (χ0v) is 11.0. The Morgan fingerprint density at radius 2 is 2.37 bits per heavy atom. The third kappa shape index (κ3) is 3.22.